The molecule has 2 N–H and O–H groups in total. The van der Waals surface area contributed by atoms with E-state index >= 15 is 0 Å². The van der Waals surface area contributed by atoms with Crippen LogP contribution in [0.3, 0.4) is 0 Å². The van der Waals surface area contributed by atoms with Crippen molar-refractivity contribution in [3.05, 3.63) is 96.1 Å². The molecule has 0 fully saturated rings. The van der Waals surface area contributed by atoms with Crippen LogP contribution in [-0.4, -0.2) is 17.6 Å². The molecule has 0 spiro atoms. The molecule has 146 valence electrons. The van der Waals surface area contributed by atoms with Gasteiger partial charge in [0.25, 0.3) is 0 Å². The van der Waals surface area contributed by atoms with E-state index in [4.69, 9.17) is 4.74 Å². The van der Waals surface area contributed by atoms with Gasteiger partial charge in [-0.05, 0) is 24.1 Å². The summed E-state index contributed by atoms with van der Waals surface area (Å²) in [5.41, 5.74) is 5.00. The molecule has 3 aromatic carbocycles. The number of benzene rings is 3. The SMILES string of the molecule is CCOC(=O)C(NCc1ccccc1)c1c(-c2ccccc2)[nH]c2ccccc12. The number of aromatic nitrogens is 1. The summed E-state index contributed by atoms with van der Waals surface area (Å²) in [6, 6.07) is 27.6. The number of rotatable bonds is 7. The summed E-state index contributed by atoms with van der Waals surface area (Å²) in [6.45, 7) is 2.74. The molecule has 4 heteroatoms. The Morgan fingerprint density at radius 2 is 1.59 bits per heavy atom. The molecule has 1 aromatic heterocycles. The van der Waals surface area contributed by atoms with Gasteiger partial charge in [0.2, 0.25) is 0 Å². The van der Waals surface area contributed by atoms with E-state index in [1.165, 1.54) is 0 Å². The Bertz CT molecular complexity index is 1090. The number of carbonyl (C=O) groups is 1. The summed E-state index contributed by atoms with van der Waals surface area (Å²) < 4.78 is 5.44. The molecule has 0 radical (unpaired) electrons. The van der Waals surface area contributed by atoms with Gasteiger partial charge in [0, 0.05) is 23.0 Å². The molecule has 0 aliphatic heterocycles. The molecule has 0 saturated carbocycles. The molecule has 4 nitrogen and oxygen atoms in total. The summed E-state index contributed by atoms with van der Waals surface area (Å²) in [6.07, 6.45) is 0. The first-order chi connectivity index (χ1) is 14.3. The van der Waals surface area contributed by atoms with Crippen molar-refractivity contribution in [1.29, 1.82) is 0 Å². The van der Waals surface area contributed by atoms with Crippen LogP contribution in [-0.2, 0) is 16.1 Å². The van der Waals surface area contributed by atoms with Crippen LogP contribution in [0.5, 0.6) is 0 Å². The average molecular weight is 384 g/mol. The number of para-hydroxylation sites is 1. The highest BCUT2D eigenvalue weighted by Gasteiger charge is 2.28. The minimum absolute atomic E-state index is 0.273. The zero-order valence-electron chi connectivity index (χ0n) is 16.4. The van der Waals surface area contributed by atoms with Gasteiger partial charge in [0.1, 0.15) is 6.04 Å². The molecule has 0 aliphatic rings. The van der Waals surface area contributed by atoms with E-state index in [2.05, 4.69) is 10.3 Å². The van der Waals surface area contributed by atoms with E-state index in [0.29, 0.717) is 13.2 Å². The molecule has 1 atom stereocenters. The second-order valence-corrected chi connectivity index (χ2v) is 6.88. The van der Waals surface area contributed by atoms with Crippen LogP contribution in [0, 0.1) is 0 Å². The van der Waals surface area contributed by atoms with Crippen LogP contribution < -0.4 is 5.32 Å². The van der Waals surface area contributed by atoms with Gasteiger partial charge in [0.05, 0.1) is 12.3 Å². The average Bonchev–Trinajstić information content (AvgIpc) is 3.15. The van der Waals surface area contributed by atoms with Gasteiger partial charge in [-0.15, -0.1) is 0 Å². The molecular weight excluding hydrogens is 360 g/mol. The third-order valence-electron chi connectivity index (χ3n) is 4.97. The fourth-order valence-corrected chi connectivity index (χ4v) is 3.64. The number of hydrogen-bond acceptors (Lipinski definition) is 3. The zero-order chi connectivity index (χ0) is 20.1. The monoisotopic (exact) mass is 384 g/mol. The summed E-state index contributed by atoms with van der Waals surface area (Å²) >= 11 is 0. The smallest absolute Gasteiger partial charge is 0.327 e. The number of carbonyl (C=O) groups excluding carboxylic acids is 1. The van der Waals surface area contributed by atoms with Gasteiger partial charge in [-0.2, -0.15) is 0 Å². The van der Waals surface area contributed by atoms with Crippen LogP contribution in [0.1, 0.15) is 24.1 Å². The molecule has 0 bridgehead atoms. The number of aromatic amines is 1. The van der Waals surface area contributed by atoms with Gasteiger partial charge in [0.15, 0.2) is 0 Å². The lowest BCUT2D eigenvalue weighted by molar-refractivity contribution is -0.145. The molecule has 0 amide bonds. The Hall–Kier alpha value is -3.37. The van der Waals surface area contributed by atoms with Crippen molar-refractivity contribution in [1.82, 2.24) is 10.3 Å². The maximum absolute atomic E-state index is 13.0. The first-order valence-electron chi connectivity index (χ1n) is 9.88. The topological polar surface area (TPSA) is 54.1 Å². The highest BCUT2D eigenvalue weighted by Crippen LogP contribution is 2.35. The van der Waals surface area contributed by atoms with E-state index in [1.807, 2.05) is 91.9 Å². The molecular formula is C25H24N2O2. The Labute approximate surface area is 170 Å². The Balaban J connectivity index is 1.81. The predicted octanol–water partition coefficient (Wildman–Crippen LogP) is 5.23. The third kappa shape index (κ3) is 4.08. The molecule has 0 aliphatic carbocycles. The van der Waals surface area contributed by atoms with E-state index in [1.54, 1.807) is 0 Å². The number of fused-ring (bicyclic) bond motifs is 1. The minimum atomic E-state index is -0.582. The summed E-state index contributed by atoms with van der Waals surface area (Å²) in [7, 11) is 0. The second kappa shape index (κ2) is 8.76. The van der Waals surface area contributed by atoms with Crippen molar-refractivity contribution in [3.8, 4) is 11.3 Å². The predicted molar refractivity (Wildman–Crippen MR) is 116 cm³/mol. The van der Waals surface area contributed by atoms with Crippen molar-refractivity contribution in [2.75, 3.05) is 6.61 Å². The van der Waals surface area contributed by atoms with Crippen molar-refractivity contribution in [2.24, 2.45) is 0 Å². The second-order valence-electron chi connectivity index (χ2n) is 6.88. The van der Waals surface area contributed by atoms with E-state index in [9.17, 15) is 4.79 Å². The molecule has 29 heavy (non-hydrogen) atoms. The molecule has 1 unspecified atom stereocenters. The standard InChI is InChI=1S/C25H24N2O2/c1-2-29-25(28)24(26-17-18-11-5-3-6-12-18)22-20-15-9-10-16-21(20)27-23(22)19-13-7-4-8-14-19/h3-16,24,26-27H,2,17H2,1H3. The van der Waals surface area contributed by atoms with E-state index in [0.717, 1.165) is 33.3 Å². The van der Waals surface area contributed by atoms with Gasteiger partial charge in [-0.25, -0.2) is 4.79 Å². The van der Waals surface area contributed by atoms with E-state index < -0.39 is 6.04 Å². The fourth-order valence-electron chi connectivity index (χ4n) is 3.64. The zero-order valence-corrected chi connectivity index (χ0v) is 16.4. The molecule has 0 saturated heterocycles. The largest absolute Gasteiger partial charge is 0.465 e. The Morgan fingerprint density at radius 3 is 2.31 bits per heavy atom. The summed E-state index contributed by atoms with van der Waals surface area (Å²) in [4.78, 5) is 16.5. The summed E-state index contributed by atoms with van der Waals surface area (Å²) in [5, 5.41) is 4.45. The maximum atomic E-state index is 13.0. The van der Waals surface area contributed by atoms with Crippen LogP contribution >= 0.6 is 0 Å². The van der Waals surface area contributed by atoms with Crippen LogP contribution in [0.25, 0.3) is 22.2 Å². The maximum Gasteiger partial charge on any atom is 0.327 e. The Kier molecular flexibility index (Phi) is 5.73. The van der Waals surface area contributed by atoms with Crippen LogP contribution in [0.2, 0.25) is 0 Å². The lowest BCUT2D eigenvalue weighted by Gasteiger charge is -2.19. The van der Waals surface area contributed by atoms with Crippen molar-refractivity contribution >= 4 is 16.9 Å². The number of H-pyrrole nitrogens is 1. The van der Waals surface area contributed by atoms with Crippen molar-refractivity contribution in [2.45, 2.75) is 19.5 Å². The lowest BCUT2D eigenvalue weighted by Crippen LogP contribution is -2.30. The number of esters is 1. The normalized spacial score (nSPS) is 12.0. The number of nitrogens with one attached hydrogen (secondary N) is 2. The summed E-state index contributed by atoms with van der Waals surface area (Å²) in [5.74, 6) is -0.273. The first-order valence-corrected chi connectivity index (χ1v) is 9.88. The molecule has 4 aromatic rings. The Morgan fingerprint density at radius 1 is 0.931 bits per heavy atom. The lowest BCUT2D eigenvalue weighted by atomic mass is 9.98. The highest BCUT2D eigenvalue weighted by atomic mass is 16.5. The van der Waals surface area contributed by atoms with Crippen LogP contribution in [0.4, 0.5) is 0 Å². The molecule has 4 rings (SSSR count). The van der Waals surface area contributed by atoms with Gasteiger partial charge >= 0.3 is 5.97 Å². The van der Waals surface area contributed by atoms with Gasteiger partial charge in [-0.1, -0.05) is 78.9 Å². The minimum Gasteiger partial charge on any atom is -0.465 e. The van der Waals surface area contributed by atoms with Gasteiger partial charge in [-0.3, -0.25) is 5.32 Å². The third-order valence-corrected chi connectivity index (χ3v) is 4.97. The van der Waals surface area contributed by atoms with E-state index in [-0.39, 0.29) is 5.97 Å². The number of hydrogen-bond donors (Lipinski definition) is 2. The van der Waals surface area contributed by atoms with Crippen LogP contribution in [0.15, 0.2) is 84.9 Å². The quantitative estimate of drug-likeness (QED) is 0.429. The highest BCUT2D eigenvalue weighted by molar-refractivity contribution is 5.96. The fraction of sp³-hybridized carbons (Fsp3) is 0.160. The van der Waals surface area contributed by atoms with Gasteiger partial charge < -0.3 is 9.72 Å². The van der Waals surface area contributed by atoms with Crippen molar-refractivity contribution < 1.29 is 9.53 Å². The first kappa shape index (κ1) is 19.0. The number of ether oxygens (including phenoxy) is 1. The molecule has 1 heterocycles. The van der Waals surface area contributed by atoms with Crippen molar-refractivity contribution in [3.63, 3.8) is 0 Å².